The fourth-order valence-electron chi connectivity index (χ4n) is 3.90. The van der Waals surface area contributed by atoms with Gasteiger partial charge in [-0.3, -0.25) is 0 Å². The number of aromatic nitrogens is 2. The molecule has 0 atom stereocenters. The lowest BCUT2D eigenvalue weighted by Crippen LogP contribution is -2.02. The van der Waals surface area contributed by atoms with Crippen LogP contribution in [0.3, 0.4) is 0 Å². The van der Waals surface area contributed by atoms with Gasteiger partial charge in [0.15, 0.2) is 0 Å². The molecule has 0 aliphatic heterocycles. The number of nitrogens with one attached hydrogen (secondary N) is 2. The minimum absolute atomic E-state index is 0.0675. The molecule has 0 aliphatic rings. The first-order chi connectivity index (χ1) is 13.6. The molecule has 2 N–H and O–H groups in total. The van der Waals surface area contributed by atoms with Crippen molar-refractivity contribution in [3.63, 3.8) is 0 Å². The third-order valence-corrected chi connectivity index (χ3v) is 6.18. The highest BCUT2D eigenvalue weighted by Gasteiger charge is 2.23. The predicted octanol–water partition coefficient (Wildman–Crippen LogP) is 7.90. The quantitative estimate of drug-likeness (QED) is 0.269. The topological polar surface area (TPSA) is 31.6 Å². The van der Waals surface area contributed by atoms with Crippen molar-refractivity contribution in [3.8, 4) is 0 Å². The van der Waals surface area contributed by atoms with Gasteiger partial charge in [-0.2, -0.15) is 0 Å². The normalized spacial score (nSPS) is 11.7. The molecule has 5 rings (SSSR count). The average Bonchev–Trinajstić information content (AvgIpc) is 3.28. The van der Waals surface area contributed by atoms with Crippen LogP contribution in [-0.2, 0) is 0 Å². The SMILES string of the molecule is Clc1ccc2c(C(c3ccc(Br)cc3)c3c[nH]c4cc(Cl)ccc34)c[nH]c2c1. The smallest absolute Gasteiger partial charge is 0.0472 e. The molecule has 0 amide bonds. The van der Waals surface area contributed by atoms with Crippen LogP contribution in [-0.4, -0.2) is 9.97 Å². The maximum Gasteiger partial charge on any atom is 0.0472 e. The molecule has 0 bridgehead atoms. The lowest BCUT2D eigenvalue weighted by atomic mass is 9.85. The monoisotopic (exact) mass is 468 g/mol. The Balaban J connectivity index is 1.78. The number of fused-ring (bicyclic) bond motifs is 2. The van der Waals surface area contributed by atoms with Crippen molar-refractivity contribution in [2.75, 3.05) is 0 Å². The Hall–Kier alpha value is -2.20. The lowest BCUT2D eigenvalue weighted by Gasteiger charge is -2.17. The highest BCUT2D eigenvalue weighted by molar-refractivity contribution is 9.10. The molecule has 2 nitrogen and oxygen atoms in total. The fraction of sp³-hybridized carbons (Fsp3) is 0.0435. The van der Waals surface area contributed by atoms with Crippen LogP contribution < -0.4 is 0 Å². The van der Waals surface area contributed by atoms with Gasteiger partial charge in [-0.15, -0.1) is 0 Å². The van der Waals surface area contributed by atoms with Gasteiger partial charge in [0.05, 0.1) is 0 Å². The Bertz CT molecular complexity index is 1220. The Morgan fingerprint density at radius 3 is 1.68 bits per heavy atom. The van der Waals surface area contributed by atoms with Crippen LogP contribution in [0.2, 0.25) is 10.0 Å². The van der Waals surface area contributed by atoms with Gasteiger partial charge in [0.2, 0.25) is 0 Å². The standard InChI is InChI=1S/C23H15BrCl2N2/c24-14-3-1-13(2-4-14)23(19-11-27-21-9-15(25)5-7-17(19)21)20-12-28-22-10-16(26)6-8-18(20)22/h1-12,23,27-28H. The molecule has 28 heavy (non-hydrogen) atoms. The number of halogens is 3. The van der Waals surface area contributed by atoms with Crippen molar-refractivity contribution >= 4 is 60.9 Å². The number of aromatic amines is 2. The van der Waals surface area contributed by atoms with E-state index < -0.39 is 0 Å². The van der Waals surface area contributed by atoms with Crippen LogP contribution in [0.4, 0.5) is 0 Å². The predicted molar refractivity (Wildman–Crippen MR) is 122 cm³/mol. The van der Waals surface area contributed by atoms with E-state index in [1.165, 1.54) is 27.5 Å². The maximum absolute atomic E-state index is 6.19. The summed E-state index contributed by atoms with van der Waals surface area (Å²) in [4.78, 5) is 6.77. The summed E-state index contributed by atoms with van der Waals surface area (Å²) in [5, 5.41) is 3.78. The number of H-pyrrole nitrogens is 2. The van der Waals surface area contributed by atoms with E-state index in [1.54, 1.807) is 0 Å². The fourth-order valence-corrected chi connectivity index (χ4v) is 4.51. The number of benzene rings is 3. The number of hydrogen-bond acceptors (Lipinski definition) is 0. The first kappa shape index (κ1) is 17.9. The zero-order valence-corrected chi connectivity index (χ0v) is 17.7. The number of hydrogen-bond donors (Lipinski definition) is 2. The molecule has 138 valence electrons. The zero-order chi connectivity index (χ0) is 19.3. The highest BCUT2D eigenvalue weighted by atomic mass is 79.9. The molecule has 0 fully saturated rings. The van der Waals surface area contributed by atoms with Crippen molar-refractivity contribution in [1.29, 1.82) is 0 Å². The maximum atomic E-state index is 6.19. The van der Waals surface area contributed by atoms with Gasteiger partial charge in [0.25, 0.3) is 0 Å². The van der Waals surface area contributed by atoms with Crippen molar-refractivity contribution in [2.45, 2.75) is 5.92 Å². The highest BCUT2D eigenvalue weighted by Crippen LogP contribution is 2.40. The summed E-state index contributed by atoms with van der Waals surface area (Å²) in [6, 6.07) is 20.5. The van der Waals surface area contributed by atoms with E-state index in [0.717, 1.165) is 25.6 Å². The van der Waals surface area contributed by atoms with Crippen molar-refractivity contribution in [2.24, 2.45) is 0 Å². The summed E-state index contributed by atoms with van der Waals surface area (Å²) in [5.74, 6) is 0.0675. The molecular formula is C23H15BrCl2N2. The van der Waals surface area contributed by atoms with E-state index in [0.29, 0.717) is 0 Å². The second-order valence-electron chi connectivity index (χ2n) is 6.85. The van der Waals surface area contributed by atoms with E-state index in [4.69, 9.17) is 23.2 Å². The average molecular weight is 470 g/mol. The van der Waals surface area contributed by atoms with Gasteiger partial charge in [0.1, 0.15) is 0 Å². The van der Waals surface area contributed by atoms with Crippen LogP contribution in [0.15, 0.2) is 77.5 Å². The van der Waals surface area contributed by atoms with E-state index in [-0.39, 0.29) is 5.92 Å². The summed E-state index contributed by atoms with van der Waals surface area (Å²) >= 11 is 15.9. The molecular weight excluding hydrogens is 455 g/mol. The van der Waals surface area contributed by atoms with Crippen molar-refractivity contribution < 1.29 is 0 Å². The van der Waals surface area contributed by atoms with Gasteiger partial charge in [-0.05, 0) is 53.1 Å². The Morgan fingerprint density at radius 1 is 0.679 bits per heavy atom. The van der Waals surface area contributed by atoms with Crippen LogP contribution in [0, 0.1) is 0 Å². The van der Waals surface area contributed by atoms with Crippen LogP contribution in [0.25, 0.3) is 21.8 Å². The van der Waals surface area contributed by atoms with Gasteiger partial charge in [-0.25, -0.2) is 0 Å². The first-order valence-corrected chi connectivity index (χ1v) is 10.4. The van der Waals surface area contributed by atoms with Crippen LogP contribution in [0.5, 0.6) is 0 Å². The molecule has 0 spiro atoms. The molecule has 0 saturated carbocycles. The van der Waals surface area contributed by atoms with E-state index >= 15 is 0 Å². The zero-order valence-electron chi connectivity index (χ0n) is 14.6. The second kappa shape index (κ2) is 7.00. The summed E-state index contributed by atoms with van der Waals surface area (Å²) in [5.41, 5.74) is 5.71. The summed E-state index contributed by atoms with van der Waals surface area (Å²) in [6.07, 6.45) is 4.17. The molecule has 0 aliphatic carbocycles. The minimum Gasteiger partial charge on any atom is -0.361 e. The largest absolute Gasteiger partial charge is 0.361 e. The van der Waals surface area contributed by atoms with E-state index in [1.807, 2.05) is 24.3 Å². The Morgan fingerprint density at radius 2 is 1.18 bits per heavy atom. The Kier molecular flexibility index (Phi) is 4.47. The number of rotatable bonds is 3. The molecule has 0 radical (unpaired) electrons. The summed E-state index contributed by atoms with van der Waals surface area (Å²) in [6.45, 7) is 0. The molecule has 3 aromatic carbocycles. The molecule has 2 heterocycles. The van der Waals surface area contributed by atoms with E-state index in [9.17, 15) is 0 Å². The Labute approximate surface area is 180 Å². The third-order valence-electron chi connectivity index (χ3n) is 5.18. The van der Waals surface area contributed by atoms with Crippen LogP contribution >= 0.6 is 39.1 Å². The molecule has 0 saturated heterocycles. The van der Waals surface area contributed by atoms with Gasteiger partial charge in [0, 0.05) is 54.6 Å². The van der Waals surface area contributed by atoms with Gasteiger partial charge < -0.3 is 9.97 Å². The van der Waals surface area contributed by atoms with Gasteiger partial charge in [-0.1, -0.05) is 63.4 Å². The second-order valence-corrected chi connectivity index (χ2v) is 8.64. The molecule has 0 unspecified atom stereocenters. The van der Waals surface area contributed by atoms with Crippen molar-refractivity contribution in [1.82, 2.24) is 9.97 Å². The summed E-state index contributed by atoms with van der Waals surface area (Å²) < 4.78 is 1.06. The van der Waals surface area contributed by atoms with Gasteiger partial charge >= 0.3 is 0 Å². The first-order valence-electron chi connectivity index (χ1n) is 8.89. The van der Waals surface area contributed by atoms with E-state index in [2.05, 4.69) is 74.7 Å². The lowest BCUT2D eigenvalue weighted by molar-refractivity contribution is 0.997. The van der Waals surface area contributed by atoms with Crippen molar-refractivity contribution in [3.05, 3.63) is 104 Å². The molecule has 5 heteroatoms. The molecule has 2 aromatic heterocycles. The third kappa shape index (κ3) is 3.04. The minimum atomic E-state index is 0.0675. The summed E-state index contributed by atoms with van der Waals surface area (Å²) in [7, 11) is 0. The van der Waals surface area contributed by atoms with Crippen LogP contribution in [0.1, 0.15) is 22.6 Å². The molecule has 5 aromatic rings.